The highest BCUT2D eigenvalue weighted by Crippen LogP contribution is 1.89. The zero-order chi connectivity index (χ0) is 9.40. The van der Waals surface area contributed by atoms with E-state index in [0.717, 1.165) is 12.8 Å². The van der Waals surface area contributed by atoms with Crippen molar-refractivity contribution in [2.45, 2.75) is 19.8 Å². The van der Waals surface area contributed by atoms with Crippen LogP contribution in [-0.2, 0) is 24.4 Å². The average Bonchev–Trinajstić information content (AvgIpc) is 2.03. The highest BCUT2D eigenvalue weighted by molar-refractivity contribution is 6.28. The molecule has 0 radical (unpaired) electrons. The summed E-state index contributed by atoms with van der Waals surface area (Å²) in [6, 6.07) is 0. The number of carbonyl (C=O) groups is 2. The SMILES string of the molecule is CCCCOOOC(=O)C(=O)O. The second kappa shape index (κ2) is 6.56. The Bertz CT molecular complexity index is 154. The molecule has 0 bridgehead atoms. The zero-order valence-corrected chi connectivity index (χ0v) is 6.61. The standard InChI is InChI=1S/C6H10O6/c1-2-3-4-10-12-11-6(9)5(7)8/h2-4H2,1H3,(H,7,8). The number of unbranched alkanes of at least 4 members (excludes halogenated alkanes) is 1. The maximum Gasteiger partial charge on any atom is 0.452 e. The molecule has 0 aliphatic carbocycles. The van der Waals surface area contributed by atoms with E-state index in [-0.39, 0.29) is 6.61 Å². The molecule has 1 N–H and O–H groups in total. The summed E-state index contributed by atoms with van der Waals surface area (Å²) in [5.74, 6) is -3.24. The van der Waals surface area contributed by atoms with Crippen molar-refractivity contribution < 1.29 is 29.5 Å². The summed E-state index contributed by atoms with van der Waals surface area (Å²) in [6.45, 7) is 2.19. The summed E-state index contributed by atoms with van der Waals surface area (Å²) in [5, 5.41) is 11.8. The molecule has 0 rings (SSSR count). The maximum atomic E-state index is 10.1. The fraction of sp³-hybridized carbons (Fsp3) is 0.667. The third-order valence-electron chi connectivity index (χ3n) is 0.914. The lowest BCUT2D eigenvalue weighted by molar-refractivity contribution is -0.485. The van der Waals surface area contributed by atoms with E-state index in [0.29, 0.717) is 0 Å². The van der Waals surface area contributed by atoms with Crippen LogP contribution in [-0.4, -0.2) is 23.7 Å². The molecule has 0 aliphatic heterocycles. The van der Waals surface area contributed by atoms with Crippen LogP contribution in [0.1, 0.15) is 19.8 Å². The normalized spacial score (nSPS) is 9.42. The molecular weight excluding hydrogens is 168 g/mol. The number of carbonyl (C=O) groups excluding carboxylic acids is 1. The highest BCUT2D eigenvalue weighted by Gasteiger charge is 2.14. The number of carboxylic acid groups (broad SMARTS) is 1. The van der Waals surface area contributed by atoms with Gasteiger partial charge in [-0.05, 0) is 11.5 Å². The topological polar surface area (TPSA) is 82.1 Å². The molecule has 0 atom stereocenters. The molecule has 0 aromatic carbocycles. The molecule has 0 spiro atoms. The molecule has 0 aromatic rings. The van der Waals surface area contributed by atoms with Gasteiger partial charge in [0.05, 0.1) is 6.61 Å². The summed E-state index contributed by atoms with van der Waals surface area (Å²) in [6.07, 6.45) is 1.64. The number of hydrogen-bond acceptors (Lipinski definition) is 5. The van der Waals surface area contributed by atoms with Gasteiger partial charge in [0.15, 0.2) is 0 Å². The Morgan fingerprint density at radius 3 is 2.58 bits per heavy atom. The first-order valence-electron chi connectivity index (χ1n) is 3.42. The Labute approximate surface area is 68.9 Å². The van der Waals surface area contributed by atoms with Gasteiger partial charge in [-0.2, -0.15) is 4.89 Å². The van der Waals surface area contributed by atoms with E-state index >= 15 is 0 Å². The van der Waals surface area contributed by atoms with E-state index < -0.39 is 11.9 Å². The first-order valence-corrected chi connectivity index (χ1v) is 3.42. The molecule has 0 saturated heterocycles. The van der Waals surface area contributed by atoms with Crippen molar-refractivity contribution in [1.82, 2.24) is 0 Å². The van der Waals surface area contributed by atoms with Crippen molar-refractivity contribution in [2.75, 3.05) is 6.61 Å². The fourth-order valence-corrected chi connectivity index (χ4v) is 0.328. The molecule has 6 nitrogen and oxygen atoms in total. The minimum absolute atomic E-state index is 0.253. The molecule has 0 saturated carbocycles. The van der Waals surface area contributed by atoms with Crippen LogP contribution < -0.4 is 0 Å². The first-order chi connectivity index (χ1) is 5.68. The summed E-state index contributed by atoms with van der Waals surface area (Å²) in [5.41, 5.74) is 0. The van der Waals surface area contributed by atoms with Crippen LogP contribution >= 0.6 is 0 Å². The van der Waals surface area contributed by atoms with Gasteiger partial charge in [-0.1, -0.05) is 13.3 Å². The Kier molecular flexibility index (Phi) is 5.94. The molecule has 70 valence electrons. The molecule has 0 aliphatic rings. The molecule has 0 fully saturated rings. The Hall–Kier alpha value is -1.14. The van der Waals surface area contributed by atoms with Crippen LogP contribution in [0.4, 0.5) is 0 Å². The van der Waals surface area contributed by atoms with Crippen molar-refractivity contribution in [3.05, 3.63) is 0 Å². The number of carboxylic acids is 1. The average molecular weight is 178 g/mol. The summed E-state index contributed by atoms with van der Waals surface area (Å²) in [7, 11) is 0. The lowest BCUT2D eigenvalue weighted by Gasteiger charge is -1.98. The van der Waals surface area contributed by atoms with Gasteiger partial charge in [0, 0.05) is 0 Å². The van der Waals surface area contributed by atoms with Gasteiger partial charge in [0.1, 0.15) is 0 Å². The number of aliphatic carboxylic acids is 1. The van der Waals surface area contributed by atoms with Crippen LogP contribution in [0.3, 0.4) is 0 Å². The van der Waals surface area contributed by atoms with Crippen molar-refractivity contribution in [2.24, 2.45) is 0 Å². The summed E-state index contributed by atoms with van der Waals surface area (Å²) in [4.78, 5) is 27.9. The van der Waals surface area contributed by atoms with Crippen molar-refractivity contribution in [3.8, 4) is 0 Å². The van der Waals surface area contributed by atoms with E-state index in [4.69, 9.17) is 5.11 Å². The van der Waals surface area contributed by atoms with E-state index in [1.807, 2.05) is 6.92 Å². The number of hydrogen-bond donors (Lipinski definition) is 1. The first kappa shape index (κ1) is 10.9. The van der Waals surface area contributed by atoms with E-state index in [1.165, 1.54) is 0 Å². The van der Waals surface area contributed by atoms with Crippen LogP contribution in [0.25, 0.3) is 0 Å². The van der Waals surface area contributed by atoms with Gasteiger partial charge in [0.25, 0.3) is 0 Å². The van der Waals surface area contributed by atoms with E-state index in [9.17, 15) is 9.59 Å². The van der Waals surface area contributed by atoms with Gasteiger partial charge in [-0.25, -0.2) is 9.59 Å². The minimum Gasteiger partial charge on any atom is -0.473 e. The van der Waals surface area contributed by atoms with Crippen LogP contribution in [0.15, 0.2) is 0 Å². The van der Waals surface area contributed by atoms with Crippen LogP contribution in [0.5, 0.6) is 0 Å². The fourth-order valence-electron chi connectivity index (χ4n) is 0.328. The van der Waals surface area contributed by atoms with Crippen molar-refractivity contribution in [3.63, 3.8) is 0 Å². The number of rotatable bonds is 5. The molecular formula is C6H10O6. The summed E-state index contributed by atoms with van der Waals surface area (Å²) >= 11 is 0. The second-order valence-corrected chi connectivity index (χ2v) is 1.92. The molecule has 0 heterocycles. The zero-order valence-electron chi connectivity index (χ0n) is 6.61. The molecule has 0 aromatic heterocycles. The predicted octanol–water partition coefficient (Wildman–Crippen LogP) is 0.278. The smallest absolute Gasteiger partial charge is 0.452 e. The van der Waals surface area contributed by atoms with E-state index in [2.05, 4.69) is 14.8 Å². The lowest BCUT2D eigenvalue weighted by atomic mass is 10.4. The maximum absolute atomic E-state index is 10.1. The lowest BCUT2D eigenvalue weighted by Crippen LogP contribution is -2.16. The van der Waals surface area contributed by atoms with Crippen LogP contribution in [0, 0.1) is 0 Å². The van der Waals surface area contributed by atoms with Gasteiger partial charge in [0.2, 0.25) is 0 Å². The third kappa shape index (κ3) is 5.63. The molecule has 0 unspecified atom stereocenters. The largest absolute Gasteiger partial charge is 0.473 e. The van der Waals surface area contributed by atoms with Crippen molar-refractivity contribution >= 4 is 11.9 Å². The predicted molar refractivity (Wildman–Crippen MR) is 35.7 cm³/mol. The van der Waals surface area contributed by atoms with Gasteiger partial charge < -0.3 is 5.11 Å². The second-order valence-electron chi connectivity index (χ2n) is 1.92. The minimum atomic E-state index is -1.73. The third-order valence-corrected chi connectivity index (χ3v) is 0.914. The van der Waals surface area contributed by atoms with Crippen molar-refractivity contribution in [1.29, 1.82) is 0 Å². The Morgan fingerprint density at radius 2 is 2.08 bits per heavy atom. The Balaban J connectivity index is 3.20. The van der Waals surface area contributed by atoms with E-state index in [1.54, 1.807) is 0 Å². The summed E-state index contributed by atoms with van der Waals surface area (Å²) < 4.78 is 0. The quantitative estimate of drug-likeness (QED) is 0.282. The van der Waals surface area contributed by atoms with Crippen LogP contribution in [0.2, 0.25) is 0 Å². The monoisotopic (exact) mass is 178 g/mol. The van der Waals surface area contributed by atoms with Gasteiger partial charge >= 0.3 is 11.9 Å². The van der Waals surface area contributed by atoms with Gasteiger partial charge in [-0.15, -0.1) is 0 Å². The van der Waals surface area contributed by atoms with Gasteiger partial charge in [-0.3, -0.25) is 4.89 Å². The molecule has 6 heteroatoms. The Morgan fingerprint density at radius 1 is 1.42 bits per heavy atom. The molecule has 0 amide bonds. The highest BCUT2D eigenvalue weighted by atomic mass is 17.5. The molecule has 12 heavy (non-hydrogen) atoms.